The number of hydrogen-bond acceptors (Lipinski definition) is 3. The number of nitrogens with zero attached hydrogens (tertiary/aromatic N) is 1. The van der Waals surface area contributed by atoms with Crippen LogP contribution in [0.25, 0.3) is 5.57 Å². The molecular weight excluding hydrogens is 290 g/mol. The lowest BCUT2D eigenvalue weighted by Crippen LogP contribution is -2.24. The predicted octanol–water partition coefficient (Wildman–Crippen LogP) is 3.77. The van der Waals surface area contributed by atoms with Gasteiger partial charge in [-0.15, -0.1) is 0 Å². The van der Waals surface area contributed by atoms with Gasteiger partial charge in [-0.1, -0.05) is 30.3 Å². The maximum Gasteiger partial charge on any atom is 0.250 e. The number of rotatable bonds is 5. The van der Waals surface area contributed by atoms with Crippen molar-refractivity contribution in [3.8, 4) is 11.5 Å². The molecule has 0 spiro atoms. The minimum atomic E-state index is -0.0985. The molecule has 0 unspecified atom stereocenters. The van der Waals surface area contributed by atoms with Gasteiger partial charge >= 0.3 is 0 Å². The molecule has 1 amide bonds. The van der Waals surface area contributed by atoms with Crippen molar-refractivity contribution in [2.45, 2.75) is 6.92 Å². The highest BCUT2D eigenvalue weighted by Crippen LogP contribution is 2.31. The average molecular weight is 311 g/mol. The maximum atomic E-state index is 12.5. The van der Waals surface area contributed by atoms with Crippen LogP contribution in [0.2, 0.25) is 0 Å². The monoisotopic (exact) mass is 311 g/mol. The SMILES string of the molecule is COc1ccc(N(C)C(=O)/C=C(\C)c2ccccc2)cc1OC. The van der Waals surface area contributed by atoms with Crippen LogP contribution in [0.1, 0.15) is 12.5 Å². The molecule has 120 valence electrons. The number of carbonyl (C=O) groups excluding carboxylic acids is 1. The second-order valence-electron chi connectivity index (χ2n) is 5.13. The lowest BCUT2D eigenvalue weighted by atomic mass is 10.1. The Morgan fingerprint density at radius 1 is 1.00 bits per heavy atom. The van der Waals surface area contributed by atoms with E-state index in [1.807, 2.05) is 43.3 Å². The van der Waals surface area contributed by atoms with Crippen LogP contribution in [0.5, 0.6) is 11.5 Å². The van der Waals surface area contributed by atoms with Gasteiger partial charge in [0.2, 0.25) is 0 Å². The molecule has 0 N–H and O–H groups in total. The lowest BCUT2D eigenvalue weighted by Gasteiger charge is -2.18. The van der Waals surface area contributed by atoms with E-state index >= 15 is 0 Å². The predicted molar refractivity (Wildman–Crippen MR) is 93.0 cm³/mol. The standard InChI is InChI=1S/C19H21NO3/c1-14(15-8-6-5-7-9-15)12-19(21)20(2)16-10-11-17(22-3)18(13-16)23-4/h5-13H,1-4H3/b14-12+. The van der Waals surface area contributed by atoms with Crippen LogP contribution < -0.4 is 14.4 Å². The molecule has 2 aromatic carbocycles. The van der Waals surface area contributed by atoms with Gasteiger partial charge in [-0.2, -0.15) is 0 Å². The van der Waals surface area contributed by atoms with Gasteiger partial charge in [0.25, 0.3) is 5.91 Å². The molecule has 0 saturated carbocycles. The summed E-state index contributed by atoms with van der Waals surface area (Å²) in [6.45, 7) is 1.93. The number of anilines is 1. The van der Waals surface area contributed by atoms with Crippen molar-refractivity contribution in [2.24, 2.45) is 0 Å². The highest BCUT2D eigenvalue weighted by atomic mass is 16.5. The fourth-order valence-electron chi connectivity index (χ4n) is 2.23. The number of likely N-dealkylation sites (N-methyl/N-ethyl adjacent to an activating group) is 1. The summed E-state index contributed by atoms with van der Waals surface area (Å²) in [6.07, 6.45) is 1.63. The zero-order valence-corrected chi connectivity index (χ0v) is 13.9. The van der Waals surface area contributed by atoms with E-state index in [1.54, 1.807) is 44.4 Å². The second kappa shape index (κ2) is 7.49. The quantitative estimate of drug-likeness (QED) is 0.789. The molecule has 4 nitrogen and oxygen atoms in total. The van der Waals surface area contributed by atoms with E-state index < -0.39 is 0 Å². The molecule has 23 heavy (non-hydrogen) atoms. The summed E-state index contributed by atoms with van der Waals surface area (Å²) in [5.74, 6) is 1.13. The Balaban J connectivity index is 2.23. The average Bonchev–Trinajstić information content (AvgIpc) is 2.61. The smallest absolute Gasteiger partial charge is 0.250 e. The number of hydrogen-bond donors (Lipinski definition) is 0. The van der Waals surface area contributed by atoms with E-state index in [0.29, 0.717) is 11.5 Å². The van der Waals surface area contributed by atoms with Crippen molar-refractivity contribution >= 4 is 17.2 Å². The Hall–Kier alpha value is -2.75. The summed E-state index contributed by atoms with van der Waals surface area (Å²) in [6, 6.07) is 15.2. The Morgan fingerprint density at radius 2 is 1.65 bits per heavy atom. The molecular formula is C19H21NO3. The third kappa shape index (κ3) is 3.92. The summed E-state index contributed by atoms with van der Waals surface area (Å²) < 4.78 is 10.5. The Labute approximate surface area is 137 Å². The van der Waals surface area contributed by atoms with Crippen LogP contribution in [0.15, 0.2) is 54.6 Å². The molecule has 0 saturated heterocycles. The number of methoxy groups -OCH3 is 2. The van der Waals surface area contributed by atoms with Gasteiger partial charge in [-0.05, 0) is 30.2 Å². The summed E-state index contributed by atoms with van der Waals surface area (Å²) in [5, 5.41) is 0. The van der Waals surface area contributed by atoms with Gasteiger partial charge in [-0.25, -0.2) is 0 Å². The summed E-state index contributed by atoms with van der Waals surface area (Å²) in [4.78, 5) is 14.0. The number of amides is 1. The first-order valence-corrected chi connectivity index (χ1v) is 7.30. The summed E-state index contributed by atoms with van der Waals surface area (Å²) in [5.41, 5.74) is 2.69. The molecule has 2 aromatic rings. The fourth-order valence-corrected chi connectivity index (χ4v) is 2.23. The molecule has 0 radical (unpaired) electrons. The van der Waals surface area contributed by atoms with E-state index in [2.05, 4.69) is 0 Å². The van der Waals surface area contributed by atoms with Crippen molar-refractivity contribution in [3.63, 3.8) is 0 Å². The topological polar surface area (TPSA) is 38.8 Å². The highest BCUT2D eigenvalue weighted by molar-refractivity contribution is 6.05. The molecule has 0 bridgehead atoms. The van der Waals surface area contributed by atoms with Crippen LogP contribution in [-0.2, 0) is 4.79 Å². The van der Waals surface area contributed by atoms with E-state index in [4.69, 9.17) is 9.47 Å². The molecule has 4 heteroatoms. The fraction of sp³-hybridized carbons (Fsp3) is 0.211. The van der Waals surface area contributed by atoms with Crippen molar-refractivity contribution in [1.82, 2.24) is 0 Å². The van der Waals surface area contributed by atoms with Crippen molar-refractivity contribution in [1.29, 1.82) is 0 Å². The summed E-state index contributed by atoms with van der Waals surface area (Å²) >= 11 is 0. The van der Waals surface area contributed by atoms with Crippen LogP contribution in [-0.4, -0.2) is 27.2 Å². The van der Waals surface area contributed by atoms with E-state index in [0.717, 1.165) is 16.8 Å². The van der Waals surface area contributed by atoms with E-state index in [1.165, 1.54) is 0 Å². The molecule has 0 aliphatic heterocycles. The first-order chi connectivity index (χ1) is 11.1. The van der Waals surface area contributed by atoms with Crippen LogP contribution >= 0.6 is 0 Å². The van der Waals surface area contributed by atoms with Crippen LogP contribution in [0.4, 0.5) is 5.69 Å². The van der Waals surface area contributed by atoms with Crippen molar-refractivity contribution in [2.75, 3.05) is 26.2 Å². The maximum absolute atomic E-state index is 12.5. The minimum Gasteiger partial charge on any atom is -0.493 e. The van der Waals surface area contributed by atoms with Crippen LogP contribution in [0, 0.1) is 0 Å². The van der Waals surface area contributed by atoms with Crippen molar-refractivity contribution in [3.05, 3.63) is 60.2 Å². The van der Waals surface area contributed by atoms with Gasteiger partial charge < -0.3 is 14.4 Å². The third-order valence-corrected chi connectivity index (χ3v) is 3.65. The molecule has 2 rings (SSSR count). The molecule has 0 aliphatic rings. The van der Waals surface area contributed by atoms with E-state index in [-0.39, 0.29) is 5.91 Å². The molecule has 0 heterocycles. The highest BCUT2D eigenvalue weighted by Gasteiger charge is 2.12. The normalized spacial score (nSPS) is 11.0. The van der Waals surface area contributed by atoms with Gasteiger partial charge in [0.1, 0.15) is 0 Å². The molecule has 0 atom stereocenters. The third-order valence-electron chi connectivity index (χ3n) is 3.65. The zero-order valence-electron chi connectivity index (χ0n) is 13.9. The number of allylic oxidation sites excluding steroid dienone is 1. The molecule has 0 aliphatic carbocycles. The van der Waals surface area contributed by atoms with Gasteiger partial charge in [-0.3, -0.25) is 4.79 Å². The largest absolute Gasteiger partial charge is 0.493 e. The molecule has 0 aromatic heterocycles. The Bertz CT molecular complexity index is 708. The minimum absolute atomic E-state index is 0.0985. The van der Waals surface area contributed by atoms with E-state index in [9.17, 15) is 4.79 Å². The first kappa shape index (κ1) is 16.6. The van der Waals surface area contributed by atoms with Gasteiger partial charge in [0.05, 0.1) is 14.2 Å². The van der Waals surface area contributed by atoms with Gasteiger partial charge in [0, 0.05) is 24.9 Å². The number of ether oxygens (including phenoxy) is 2. The molecule has 0 fully saturated rings. The zero-order chi connectivity index (χ0) is 16.8. The van der Waals surface area contributed by atoms with Crippen LogP contribution in [0.3, 0.4) is 0 Å². The van der Waals surface area contributed by atoms with Gasteiger partial charge in [0.15, 0.2) is 11.5 Å². The second-order valence-corrected chi connectivity index (χ2v) is 5.13. The lowest BCUT2D eigenvalue weighted by molar-refractivity contribution is -0.113. The summed E-state index contributed by atoms with van der Waals surface area (Å²) in [7, 11) is 4.89. The first-order valence-electron chi connectivity index (χ1n) is 7.30. The number of carbonyl (C=O) groups is 1. The Kier molecular flexibility index (Phi) is 5.41. The van der Waals surface area contributed by atoms with Crippen molar-refractivity contribution < 1.29 is 14.3 Å². The Morgan fingerprint density at radius 3 is 2.26 bits per heavy atom. The number of benzene rings is 2.